The minimum absolute atomic E-state index is 0.0802. The third kappa shape index (κ3) is 4.08. The summed E-state index contributed by atoms with van der Waals surface area (Å²) >= 11 is 0. The summed E-state index contributed by atoms with van der Waals surface area (Å²) in [5.74, 6) is -0.216. The molecule has 1 fully saturated rings. The number of aromatic nitrogens is 3. The van der Waals surface area contributed by atoms with Crippen LogP contribution in [0.25, 0.3) is 5.65 Å². The summed E-state index contributed by atoms with van der Waals surface area (Å²) in [6.07, 6.45) is 2.03. The fraction of sp³-hybridized carbons (Fsp3) is 0.588. The van der Waals surface area contributed by atoms with Gasteiger partial charge in [0, 0.05) is 31.9 Å². The first-order chi connectivity index (χ1) is 11.9. The molecule has 2 aromatic heterocycles. The number of carbonyl (C=O) groups is 1. The van der Waals surface area contributed by atoms with Crippen molar-refractivity contribution in [3.63, 3.8) is 0 Å². The molecular weight excluding hydrogens is 322 g/mol. The Morgan fingerprint density at radius 3 is 2.76 bits per heavy atom. The number of ether oxygens (including phenoxy) is 1. The topological polar surface area (TPSA) is 80.9 Å². The third-order valence-electron chi connectivity index (χ3n) is 4.45. The van der Waals surface area contributed by atoms with Crippen LogP contribution in [0, 0.1) is 0 Å². The molecule has 0 saturated carbocycles. The molecule has 0 aliphatic carbocycles. The van der Waals surface area contributed by atoms with Crippen LogP contribution in [-0.4, -0.2) is 62.9 Å². The largest absolute Gasteiger partial charge is 0.373 e. The lowest BCUT2D eigenvalue weighted by atomic mass is 10.1. The van der Waals surface area contributed by atoms with Crippen LogP contribution >= 0.6 is 0 Å². The zero-order chi connectivity index (χ0) is 18.0. The molecule has 3 atom stereocenters. The van der Waals surface area contributed by atoms with E-state index in [0.29, 0.717) is 12.2 Å². The van der Waals surface area contributed by atoms with Gasteiger partial charge >= 0.3 is 5.69 Å². The van der Waals surface area contributed by atoms with Crippen LogP contribution in [-0.2, 0) is 16.1 Å². The van der Waals surface area contributed by atoms with Crippen LogP contribution in [0.1, 0.15) is 20.8 Å². The van der Waals surface area contributed by atoms with Gasteiger partial charge in [0.25, 0.3) is 0 Å². The Balaban J connectivity index is 1.55. The maximum absolute atomic E-state index is 12.2. The molecule has 136 valence electrons. The highest BCUT2D eigenvalue weighted by Gasteiger charge is 2.25. The van der Waals surface area contributed by atoms with Crippen molar-refractivity contribution < 1.29 is 9.53 Å². The average Bonchev–Trinajstić information content (AvgIpc) is 2.88. The zero-order valence-corrected chi connectivity index (χ0v) is 14.9. The highest BCUT2D eigenvalue weighted by atomic mass is 16.5. The number of morpholine rings is 1. The average molecular weight is 347 g/mol. The number of hydrogen-bond donors (Lipinski definition) is 1. The summed E-state index contributed by atoms with van der Waals surface area (Å²) in [4.78, 5) is 26.7. The molecule has 8 nitrogen and oxygen atoms in total. The molecule has 8 heteroatoms. The molecule has 1 saturated heterocycles. The summed E-state index contributed by atoms with van der Waals surface area (Å²) in [5, 5.41) is 7.07. The number of nitrogens with zero attached hydrogens (tertiary/aromatic N) is 4. The van der Waals surface area contributed by atoms with E-state index in [-0.39, 0.29) is 36.4 Å². The van der Waals surface area contributed by atoms with Crippen LogP contribution in [0.3, 0.4) is 0 Å². The van der Waals surface area contributed by atoms with Gasteiger partial charge in [0.2, 0.25) is 5.91 Å². The van der Waals surface area contributed by atoms with Gasteiger partial charge in [-0.3, -0.25) is 14.1 Å². The minimum Gasteiger partial charge on any atom is -0.373 e. The van der Waals surface area contributed by atoms with Crippen molar-refractivity contribution in [3.05, 3.63) is 34.9 Å². The molecule has 0 bridgehead atoms. The van der Waals surface area contributed by atoms with Crippen LogP contribution in [0.5, 0.6) is 0 Å². The smallest absolute Gasteiger partial charge is 0.350 e. The summed E-state index contributed by atoms with van der Waals surface area (Å²) in [7, 11) is 0. The highest BCUT2D eigenvalue weighted by molar-refractivity contribution is 5.75. The maximum Gasteiger partial charge on any atom is 0.350 e. The normalized spacial score (nSPS) is 22.8. The van der Waals surface area contributed by atoms with Gasteiger partial charge in [-0.1, -0.05) is 6.07 Å². The lowest BCUT2D eigenvalue weighted by Crippen LogP contribution is -2.52. The SMILES string of the molecule is C[C@@H]1CN([C@H](C)CNC(=O)Cn2nc3ccccn3c2=O)C[C@@H](C)O1. The van der Waals surface area contributed by atoms with Crippen molar-refractivity contribution in [2.75, 3.05) is 19.6 Å². The first kappa shape index (κ1) is 17.6. The molecule has 1 aliphatic heterocycles. The van der Waals surface area contributed by atoms with E-state index in [1.54, 1.807) is 24.4 Å². The molecular formula is C17H25N5O3. The molecule has 0 radical (unpaired) electrons. The summed E-state index contributed by atoms with van der Waals surface area (Å²) in [6, 6.07) is 5.50. The Morgan fingerprint density at radius 2 is 2.08 bits per heavy atom. The van der Waals surface area contributed by atoms with Crippen molar-refractivity contribution >= 4 is 11.6 Å². The second kappa shape index (κ2) is 7.37. The van der Waals surface area contributed by atoms with E-state index in [1.165, 1.54) is 9.08 Å². The van der Waals surface area contributed by atoms with Gasteiger partial charge in [-0.25, -0.2) is 9.48 Å². The standard InChI is InChI=1S/C17H25N5O3/c1-12(20-9-13(2)25-14(3)10-20)8-18-16(23)11-22-17(24)21-7-5-4-6-15(21)19-22/h4-7,12-14H,8-11H2,1-3H3,(H,18,23)/t12-,13-,14-/m1/s1. The number of nitrogens with one attached hydrogen (secondary N) is 1. The molecule has 1 amide bonds. The molecule has 0 spiro atoms. The van der Waals surface area contributed by atoms with E-state index in [9.17, 15) is 9.59 Å². The van der Waals surface area contributed by atoms with E-state index in [4.69, 9.17) is 4.74 Å². The van der Waals surface area contributed by atoms with Gasteiger partial charge < -0.3 is 10.1 Å². The number of pyridine rings is 1. The lowest BCUT2D eigenvalue weighted by Gasteiger charge is -2.38. The maximum atomic E-state index is 12.2. The van der Waals surface area contributed by atoms with E-state index >= 15 is 0 Å². The quantitative estimate of drug-likeness (QED) is 0.830. The van der Waals surface area contributed by atoms with Gasteiger partial charge in [-0.05, 0) is 32.9 Å². The van der Waals surface area contributed by atoms with Crippen molar-refractivity contribution in [3.8, 4) is 0 Å². The number of rotatable bonds is 5. The van der Waals surface area contributed by atoms with E-state index in [0.717, 1.165) is 13.1 Å². The monoisotopic (exact) mass is 347 g/mol. The zero-order valence-electron chi connectivity index (χ0n) is 14.9. The first-order valence-corrected chi connectivity index (χ1v) is 8.64. The number of carbonyl (C=O) groups excluding carboxylic acids is 1. The van der Waals surface area contributed by atoms with Gasteiger partial charge in [-0.15, -0.1) is 5.10 Å². The predicted octanol–water partition coefficient (Wildman–Crippen LogP) is 0.110. The number of hydrogen-bond acceptors (Lipinski definition) is 5. The van der Waals surface area contributed by atoms with Gasteiger partial charge in [0.15, 0.2) is 5.65 Å². The fourth-order valence-electron chi connectivity index (χ4n) is 3.23. The Kier molecular flexibility index (Phi) is 5.19. The molecule has 0 aromatic carbocycles. The molecule has 1 N–H and O–H groups in total. The highest BCUT2D eigenvalue weighted by Crippen LogP contribution is 2.13. The predicted molar refractivity (Wildman–Crippen MR) is 93.5 cm³/mol. The van der Waals surface area contributed by atoms with Crippen LogP contribution in [0.2, 0.25) is 0 Å². The van der Waals surface area contributed by atoms with Crippen molar-refractivity contribution in [1.29, 1.82) is 0 Å². The second-order valence-corrected chi connectivity index (χ2v) is 6.73. The fourth-order valence-corrected chi connectivity index (χ4v) is 3.23. The Bertz CT molecular complexity index is 789. The molecule has 1 aliphatic rings. The Morgan fingerprint density at radius 1 is 1.36 bits per heavy atom. The van der Waals surface area contributed by atoms with E-state index < -0.39 is 0 Å². The Hall–Kier alpha value is -2.19. The van der Waals surface area contributed by atoms with Gasteiger partial charge in [0.05, 0.1) is 12.2 Å². The van der Waals surface area contributed by atoms with E-state index in [2.05, 4.69) is 36.1 Å². The minimum atomic E-state index is -0.311. The Labute approximate surface area is 146 Å². The lowest BCUT2D eigenvalue weighted by molar-refractivity contribution is -0.122. The second-order valence-electron chi connectivity index (χ2n) is 6.73. The summed E-state index contributed by atoms with van der Waals surface area (Å²) in [5.41, 5.74) is 0.222. The molecule has 3 heterocycles. The molecule has 25 heavy (non-hydrogen) atoms. The van der Waals surface area contributed by atoms with E-state index in [1.807, 2.05) is 0 Å². The van der Waals surface area contributed by atoms with Crippen molar-refractivity contribution in [2.24, 2.45) is 0 Å². The van der Waals surface area contributed by atoms with Crippen LogP contribution in [0.15, 0.2) is 29.2 Å². The van der Waals surface area contributed by atoms with Gasteiger partial charge in [-0.2, -0.15) is 0 Å². The molecule has 3 rings (SSSR count). The van der Waals surface area contributed by atoms with Crippen LogP contribution in [0.4, 0.5) is 0 Å². The summed E-state index contributed by atoms with van der Waals surface area (Å²) in [6.45, 7) is 8.36. The molecule has 2 aromatic rings. The first-order valence-electron chi connectivity index (χ1n) is 8.64. The molecule has 0 unspecified atom stereocenters. The number of amides is 1. The van der Waals surface area contributed by atoms with Crippen molar-refractivity contribution in [1.82, 2.24) is 24.4 Å². The van der Waals surface area contributed by atoms with Crippen molar-refractivity contribution in [2.45, 2.75) is 45.6 Å². The van der Waals surface area contributed by atoms with Crippen LogP contribution < -0.4 is 11.0 Å². The van der Waals surface area contributed by atoms with Gasteiger partial charge in [0.1, 0.15) is 6.54 Å². The summed E-state index contributed by atoms with van der Waals surface area (Å²) < 4.78 is 8.35. The number of fused-ring (bicyclic) bond motifs is 1. The third-order valence-corrected chi connectivity index (χ3v) is 4.45.